The van der Waals surface area contributed by atoms with Gasteiger partial charge in [0, 0.05) is 47.8 Å². The summed E-state index contributed by atoms with van der Waals surface area (Å²) in [6.07, 6.45) is 2.76. The number of fused-ring (bicyclic) bond motifs is 1. The summed E-state index contributed by atoms with van der Waals surface area (Å²) in [7, 11) is 4.04. The number of nitrogens with one attached hydrogen (secondary N) is 2. The number of halogens is 1. The Morgan fingerprint density at radius 3 is 2.79 bits per heavy atom. The van der Waals surface area contributed by atoms with Crippen LogP contribution in [0.3, 0.4) is 0 Å². The van der Waals surface area contributed by atoms with Gasteiger partial charge in [0.15, 0.2) is 0 Å². The summed E-state index contributed by atoms with van der Waals surface area (Å²) >= 11 is 6.07. The number of carbonyl (C=O) groups excluding carboxylic acids is 1. The number of aromatic nitrogens is 1. The first-order chi connectivity index (χ1) is 11.4. The van der Waals surface area contributed by atoms with Gasteiger partial charge in [-0.15, -0.1) is 0 Å². The monoisotopic (exact) mass is 350 g/mol. The number of hydrogen-bond donors (Lipinski definition) is 2. The van der Waals surface area contributed by atoms with Crippen molar-refractivity contribution in [2.24, 2.45) is 0 Å². The zero-order valence-electron chi connectivity index (χ0n) is 14.9. The molecule has 1 aromatic carbocycles. The van der Waals surface area contributed by atoms with Crippen molar-refractivity contribution in [2.45, 2.75) is 26.3 Å². The van der Waals surface area contributed by atoms with Crippen LogP contribution in [0, 0.1) is 0 Å². The van der Waals surface area contributed by atoms with Crippen molar-refractivity contribution in [2.75, 3.05) is 33.7 Å². The molecule has 2 aromatic rings. The highest BCUT2D eigenvalue weighted by molar-refractivity contribution is 6.31. The molecule has 0 aliphatic carbocycles. The van der Waals surface area contributed by atoms with Gasteiger partial charge in [0.25, 0.3) is 0 Å². The highest BCUT2D eigenvalue weighted by Gasteiger charge is 2.18. The van der Waals surface area contributed by atoms with Crippen molar-refractivity contribution >= 4 is 28.5 Å². The molecule has 0 aliphatic rings. The molecule has 0 aliphatic heterocycles. The lowest BCUT2D eigenvalue weighted by Crippen LogP contribution is -2.48. The SMILES string of the molecule is CCN(C(=O)NCCc1c[nH]c2ccc(Cl)cc12)[C@@H](C)CN(C)C. The smallest absolute Gasteiger partial charge is 0.317 e. The predicted octanol–water partition coefficient (Wildman–Crippen LogP) is 3.35. The standard InChI is InChI=1S/C18H27ClN4O/c1-5-23(13(2)12-22(3)4)18(24)20-9-8-14-11-21-17-7-6-15(19)10-16(14)17/h6-7,10-11,13,21H,5,8-9,12H2,1-4H3,(H,20,24)/t13-/m0/s1. The molecule has 0 bridgehead atoms. The van der Waals surface area contributed by atoms with Crippen LogP contribution in [0.1, 0.15) is 19.4 Å². The average molecular weight is 351 g/mol. The number of H-pyrrole nitrogens is 1. The molecule has 2 N–H and O–H groups in total. The molecule has 24 heavy (non-hydrogen) atoms. The van der Waals surface area contributed by atoms with Crippen molar-refractivity contribution in [1.29, 1.82) is 0 Å². The Balaban J connectivity index is 1.92. The number of benzene rings is 1. The van der Waals surface area contributed by atoms with E-state index in [2.05, 4.69) is 22.1 Å². The highest BCUT2D eigenvalue weighted by Crippen LogP contribution is 2.22. The van der Waals surface area contributed by atoms with E-state index in [9.17, 15) is 4.79 Å². The number of nitrogens with zero attached hydrogens (tertiary/aromatic N) is 2. The number of aromatic amines is 1. The number of carbonyl (C=O) groups is 1. The Kier molecular flexibility index (Phi) is 6.52. The van der Waals surface area contributed by atoms with Gasteiger partial charge in [-0.1, -0.05) is 11.6 Å². The van der Waals surface area contributed by atoms with Crippen LogP contribution in [-0.2, 0) is 6.42 Å². The third-order valence-electron chi connectivity index (χ3n) is 4.16. The molecule has 0 unspecified atom stereocenters. The van der Waals surface area contributed by atoms with E-state index in [1.54, 1.807) is 0 Å². The molecule has 1 heterocycles. The zero-order chi connectivity index (χ0) is 17.7. The van der Waals surface area contributed by atoms with E-state index in [-0.39, 0.29) is 12.1 Å². The summed E-state index contributed by atoms with van der Waals surface area (Å²) in [5.74, 6) is 0. The van der Waals surface area contributed by atoms with Crippen molar-refractivity contribution in [3.63, 3.8) is 0 Å². The second-order valence-corrected chi connectivity index (χ2v) is 6.82. The number of amides is 2. The van der Waals surface area contributed by atoms with Crippen LogP contribution < -0.4 is 5.32 Å². The quantitative estimate of drug-likeness (QED) is 0.804. The first-order valence-corrected chi connectivity index (χ1v) is 8.74. The molecule has 5 nitrogen and oxygen atoms in total. The van der Waals surface area contributed by atoms with Gasteiger partial charge in [0.05, 0.1) is 0 Å². The van der Waals surface area contributed by atoms with Gasteiger partial charge in [-0.3, -0.25) is 0 Å². The minimum Gasteiger partial charge on any atom is -0.361 e. The maximum absolute atomic E-state index is 12.4. The fourth-order valence-electron chi connectivity index (χ4n) is 3.05. The van der Waals surface area contributed by atoms with E-state index in [1.807, 2.05) is 50.3 Å². The molecule has 6 heteroatoms. The number of urea groups is 1. The first-order valence-electron chi connectivity index (χ1n) is 8.37. The molecule has 0 saturated carbocycles. The molecule has 2 rings (SSSR count). The van der Waals surface area contributed by atoms with Gasteiger partial charge in [-0.05, 0) is 58.1 Å². The maximum atomic E-state index is 12.4. The summed E-state index contributed by atoms with van der Waals surface area (Å²) in [5, 5.41) is 4.87. The second kappa shape index (κ2) is 8.40. The Morgan fingerprint density at radius 2 is 2.12 bits per heavy atom. The number of rotatable bonds is 7. The molecule has 0 fully saturated rings. The van der Waals surface area contributed by atoms with Crippen molar-refractivity contribution < 1.29 is 4.79 Å². The Bertz CT molecular complexity index is 683. The van der Waals surface area contributed by atoms with Gasteiger partial charge < -0.3 is 20.1 Å². The molecule has 132 valence electrons. The van der Waals surface area contributed by atoms with E-state index in [4.69, 9.17) is 11.6 Å². The van der Waals surface area contributed by atoms with E-state index in [0.29, 0.717) is 13.1 Å². The lowest BCUT2D eigenvalue weighted by molar-refractivity contribution is 0.169. The topological polar surface area (TPSA) is 51.4 Å². The van der Waals surface area contributed by atoms with Gasteiger partial charge >= 0.3 is 6.03 Å². The van der Waals surface area contributed by atoms with E-state index >= 15 is 0 Å². The Labute approximate surface area is 149 Å². The molecular formula is C18H27ClN4O. The minimum atomic E-state index is -0.00952. The third kappa shape index (κ3) is 4.65. The van der Waals surface area contributed by atoms with Crippen LogP contribution in [-0.4, -0.2) is 60.6 Å². The van der Waals surface area contributed by atoms with E-state index in [0.717, 1.165) is 34.5 Å². The van der Waals surface area contributed by atoms with Crippen LogP contribution in [0.2, 0.25) is 5.02 Å². The van der Waals surface area contributed by atoms with Crippen molar-refractivity contribution in [3.05, 3.63) is 35.0 Å². The number of hydrogen-bond acceptors (Lipinski definition) is 2. The molecular weight excluding hydrogens is 324 g/mol. The van der Waals surface area contributed by atoms with Gasteiger partial charge in [0.1, 0.15) is 0 Å². The molecule has 1 atom stereocenters. The fourth-order valence-corrected chi connectivity index (χ4v) is 3.22. The maximum Gasteiger partial charge on any atom is 0.317 e. The molecule has 1 aromatic heterocycles. The van der Waals surface area contributed by atoms with Crippen LogP contribution in [0.5, 0.6) is 0 Å². The molecule has 0 radical (unpaired) electrons. The second-order valence-electron chi connectivity index (χ2n) is 6.38. The zero-order valence-corrected chi connectivity index (χ0v) is 15.7. The lowest BCUT2D eigenvalue weighted by atomic mass is 10.1. The highest BCUT2D eigenvalue weighted by atomic mass is 35.5. The summed E-state index contributed by atoms with van der Waals surface area (Å²) in [4.78, 5) is 19.6. The number of likely N-dealkylation sites (N-methyl/N-ethyl adjacent to an activating group) is 2. The molecule has 2 amide bonds. The fraction of sp³-hybridized carbons (Fsp3) is 0.500. The van der Waals surface area contributed by atoms with Crippen LogP contribution in [0.4, 0.5) is 4.79 Å². The van der Waals surface area contributed by atoms with Gasteiger partial charge in [0.2, 0.25) is 0 Å². The molecule has 0 saturated heterocycles. The predicted molar refractivity (Wildman–Crippen MR) is 101 cm³/mol. The Hall–Kier alpha value is -1.72. The summed E-state index contributed by atoms with van der Waals surface area (Å²) in [6, 6.07) is 5.97. The normalized spacial score (nSPS) is 12.6. The lowest BCUT2D eigenvalue weighted by Gasteiger charge is -2.30. The first kappa shape index (κ1) is 18.6. The van der Waals surface area contributed by atoms with Gasteiger partial charge in [-0.2, -0.15) is 0 Å². The summed E-state index contributed by atoms with van der Waals surface area (Å²) in [5.41, 5.74) is 2.23. The summed E-state index contributed by atoms with van der Waals surface area (Å²) < 4.78 is 0. The van der Waals surface area contributed by atoms with E-state index < -0.39 is 0 Å². The minimum absolute atomic E-state index is 0.00952. The van der Waals surface area contributed by atoms with Crippen LogP contribution in [0.15, 0.2) is 24.4 Å². The average Bonchev–Trinajstić information content (AvgIpc) is 2.89. The largest absolute Gasteiger partial charge is 0.361 e. The third-order valence-corrected chi connectivity index (χ3v) is 4.40. The molecule has 0 spiro atoms. The van der Waals surface area contributed by atoms with E-state index in [1.165, 1.54) is 0 Å². The van der Waals surface area contributed by atoms with Crippen LogP contribution in [0.25, 0.3) is 10.9 Å². The van der Waals surface area contributed by atoms with Crippen LogP contribution >= 0.6 is 11.6 Å². The summed E-state index contributed by atoms with van der Waals surface area (Å²) in [6.45, 7) is 6.23. The van der Waals surface area contributed by atoms with Gasteiger partial charge in [-0.25, -0.2) is 4.79 Å². The Morgan fingerprint density at radius 1 is 1.38 bits per heavy atom. The van der Waals surface area contributed by atoms with Crippen molar-refractivity contribution in [3.8, 4) is 0 Å². The van der Waals surface area contributed by atoms with Crippen molar-refractivity contribution in [1.82, 2.24) is 20.1 Å².